The van der Waals surface area contributed by atoms with E-state index in [1.165, 1.54) is 11.1 Å². The van der Waals surface area contributed by atoms with E-state index in [-0.39, 0.29) is 17.4 Å². The third kappa shape index (κ3) is 2.97. The number of rotatable bonds is 4. The van der Waals surface area contributed by atoms with Crippen molar-refractivity contribution in [2.45, 2.75) is 52.6 Å². The molecule has 0 radical (unpaired) electrons. The van der Waals surface area contributed by atoms with E-state index >= 15 is 0 Å². The lowest BCUT2D eigenvalue weighted by molar-refractivity contribution is -0.133. The average Bonchev–Trinajstić information content (AvgIpc) is 2.43. The Morgan fingerprint density at radius 1 is 1.35 bits per heavy atom. The minimum atomic E-state index is 0.0115. The van der Waals surface area contributed by atoms with Gasteiger partial charge in [-0.3, -0.25) is 4.79 Å². The molecule has 0 aromatic rings. The van der Waals surface area contributed by atoms with Crippen LogP contribution in [0, 0.1) is 11.3 Å². The maximum Gasteiger partial charge on any atom is 0.293 e. The predicted molar refractivity (Wildman–Crippen MR) is 79.2 cm³/mol. The quantitative estimate of drug-likeness (QED) is 0.622. The van der Waals surface area contributed by atoms with Crippen LogP contribution in [0.1, 0.15) is 46.5 Å². The molecule has 1 unspecified atom stereocenters. The standard InChI is InChI=1S/C17H24O3/c1-12-10-14(6-9-16(12)19)17(2,3)13-4-7-15(8-5-13)20-11-18/h4,6,9,11-12,15,19H,5,7-8,10H2,1-3H3/t12-,15?/m1/s1. The first-order valence-electron chi connectivity index (χ1n) is 7.34. The van der Waals surface area contributed by atoms with Crippen molar-refractivity contribution in [1.82, 2.24) is 0 Å². The van der Waals surface area contributed by atoms with Crippen LogP contribution < -0.4 is 0 Å². The van der Waals surface area contributed by atoms with E-state index in [0.717, 1.165) is 25.7 Å². The molecule has 0 bridgehead atoms. The SMILES string of the molecule is C[C@@H]1CC(C(C)(C)C2=CCC(OC=O)CC2)=CC=C1O. The molecule has 0 saturated heterocycles. The highest BCUT2D eigenvalue weighted by Gasteiger charge is 2.32. The summed E-state index contributed by atoms with van der Waals surface area (Å²) in [5.41, 5.74) is 2.79. The number of aliphatic hydroxyl groups is 1. The number of aliphatic hydroxyl groups excluding tert-OH is 1. The van der Waals surface area contributed by atoms with E-state index in [1.807, 2.05) is 6.08 Å². The first kappa shape index (κ1) is 14.9. The number of ether oxygens (including phenoxy) is 1. The molecule has 0 aromatic heterocycles. The van der Waals surface area contributed by atoms with E-state index in [9.17, 15) is 9.90 Å². The highest BCUT2D eigenvalue weighted by molar-refractivity contribution is 5.38. The van der Waals surface area contributed by atoms with E-state index in [2.05, 4.69) is 32.9 Å². The molecule has 0 fully saturated rings. The lowest BCUT2D eigenvalue weighted by Crippen LogP contribution is -2.26. The molecule has 0 aliphatic heterocycles. The Balaban J connectivity index is 2.13. The summed E-state index contributed by atoms with van der Waals surface area (Å²) < 4.78 is 5.04. The van der Waals surface area contributed by atoms with Crippen LogP contribution >= 0.6 is 0 Å². The van der Waals surface area contributed by atoms with Gasteiger partial charge < -0.3 is 9.84 Å². The van der Waals surface area contributed by atoms with Crippen LogP contribution in [-0.2, 0) is 9.53 Å². The van der Waals surface area contributed by atoms with Gasteiger partial charge in [-0.1, -0.05) is 44.1 Å². The van der Waals surface area contributed by atoms with Gasteiger partial charge in [-0.2, -0.15) is 0 Å². The largest absolute Gasteiger partial charge is 0.512 e. The minimum absolute atomic E-state index is 0.0115. The zero-order valence-corrected chi connectivity index (χ0v) is 12.6. The van der Waals surface area contributed by atoms with Gasteiger partial charge in [0, 0.05) is 17.8 Å². The lowest BCUT2D eigenvalue weighted by Gasteiger charge is -2.36. The maximum absolute atomic E-state index is 10.4. The van der Waals surface area contributed by atoms with Crippen LogP contribution in [0.5, 0.6) is 0 Å². The number of hydrogen-bond donors (Lipinski definition) is 1. The number of carbonyl (C=O) groups excluding carboxylic acids is 1. The number of allylic oxidation sites excluding steroid dienone is 5. The second-order valence-corrected chi connectivity index (χ2v) is 6.37. The molecule has 3 nitrogen and oxygen atoms in total. The van der Waals surface area contributed by atoms with Crippen molar-refractivity contribution in [3.05, 3.63) is 35.1 Å². The molecule has 0 amide bonds. The third-order valence-electron chi connectivity index (χ3n) is 4.70. The van der Waals surface area contributed by atoms with Crippen molar-refractivity contribution >= 4 is 6.47 Å². The summed E-state index contributed by atoms with van der Waals surface area (Å²) in [6.07, 6.45) is 9.72. The van der Waals surface area contributed by atoms with Gasteiger partial charge in [0.1, 0.15) is 6.10 Å². The van der Waals surface area contributed by atoms with Crippen molar-refractivity contribution < 1.29 is 14.6 Å². The van der Waals surface area contributed by atoms with Crippen molar-refractivity contribution in [1.29, 1.82) is 0 Å². The van der Waals surface area contributed by atoms with Gasteiger partial charge in [-0.25, -0.2) is 0 Å². The van der Waals surface area contributed by atoms with E-state index in [0.29, 0.717) is 12.2 Å². The molecule has 110 valence electrons. The summed E-state index contributed by atoms with van der Waals surface area (Å²) in [5.74, 6) is 0.672. The number of hydrogen-bond acceptors (Lipinski definition) is 3. The van der Waals surface area contributed by atoms with E-state index < -0.39 is 0 Å². The van der Waals surface area contributed by atoms with Crippen LogP contribution in [0.3, 0.4) is 0 Å². The second kappa shape index (κ2) is 5.86. The topological polar surface area (TPSA) is 46.5 Å². The fraction of sp³-hybridized carbons (Fsp3) is 0.588. The Labute approximate surface area is 121 Å². The van der Waals surface area contributed by atoms with Gasteiger partial charge in [-0.05, 0) is 25.3 Å². The lowest BCUT2D eigenvalue weighted by atomic mass is 9.69. The van der Waals surface area contributed by atoms with Gasteiger partial charge in [0.25, 0.3) is 6.47 Å². The fourth-order valence-corrected chi connectivity index (χ4v) is 3.10. The third-order valence-corrected chi connectivity index (χ3v) is 4.70. The van der Waals surface area contributed by atoms with Crippen molar-refractivity contribution in [2.24, 2.45) is 11.3 Å². The van der Waals surface area contributed by atoms with Gasteiger partial charge in [-0.15, -0.1) is 0 Å². The molecule has 0 saturated carbocycles. The Morgan fingerprint density at radius 3 is 2.65 bits per heavy atom. The summed E-state index contributed by atoms with van der Waals surface area (Å²) >= 11 is 0. The van der Waals surface area contributed by atoms with Gasteiger partial charge in [0.15, 0.2) is 0 Å². The van der Waals surface area contributed by atoms with Gasteiger partial charge in [0.2, 0.25) is 0 Å². The van der Waals surface area contributed by atoms with Crippen LogP contribution in [0.15, 0.2) is 35.1 Å². The minimum Gasteiger partial charge on any atom is -0.512 e. The summed E-state index contributed by atoms with van der Waals surface area (Å²) in [6.45, 7) is 7.09. The molecule has 2 atom stereocenters. The highest BCUT2D eigenvalue weighted by Crippen LogP contribution is 2.44. The molecule has 3 heteroatoms. The zero-order valence-electron chi connectivity index (χ0n) is 12.6. The molecule has 0 aromatic carbocycles. The first-order valence-corrected chi connectivity index (χ1v) is 7.34. The highest BCUT2D eigenvalue weighted by atomic mass is 16.5. The van der Waals surface area contributed by atoms with E-state index in [4.69, 9.17) is 4.74 Å². The molecule has 2 aliphatic rings. The smallest absolute Gasteiger partial charge is 0.293 e. The molecular formula is C17H24O3. The van der Waals surface area contributed by atoms with Crippen molar-refractivity contribution in [2.75, 3.05) is 0 Å². The number of carbonyl (C=O) groups is 1. The van der Waals surface area contributed by atoms with Gasteiger partial charge in [0.05, 0.1) is 5.76 Å². The first-order chi connectivity index (χ1) is 9.45. The molecule has 0 spiro atoms. The Kier molecular flexibility index (Phi) is 4.36. The summed E-state index contributed by atoms with van der Waals surface area (Å²) in [7, 11) is 0. The van der Waals surface area contributed by atoms with Crippen molar-refractivity contribution in [3.8, 4) is 0 Å². The normalized spacial score (nSPS) is 27.2. The Hall–Kier alpha value is -1.51. The van der Waals surface area contributed by atoms with Crippen LogP contribution in [0.25, 0.3) is 0 Å². The Bertz CT molecular complexity index is 469. The average molecular weight is 276 g/mol. The molecular weight excluding hydrogens is 252 g/mol. The van der Waals surface area contributed by atoms with E-state index in [1.54, 1.807) is 0 Å². The summed E-state index contributed by atoms with van der Waals surface area (Å²) in [5, 5.41) is 9.72. The zero-order chi connectivity index (χ0) is 14.8. The van der Waals surface area contributed by atoms with Crippen LogP contribution in [0.4, 0.5) is 0 Å². The summed E-state index contributed by atoms with van der Waals surface area (Å²) in [6, 6.07) is 0. The molecule has 2 aliphatic carbocycles. The molecule has 2 rings (SSSR count). The Morgan fingerprint density at radius 2 is 2.10 bits per heavy atom. The summed E-state index contributed by atoms with van der Waals surface area (Å²) in [4.78, 5) is 10.4. The van der Waals surface area contributed by atoms with Crippen LogP contribution in [0.2, 0.25) is 0 Å². The fourth-order valence-electron chi connectivity index (χ4n) is 3.10. The van der Waals surface area contributed by atoms with Crippen molar-refractivity contribution in [3.63, 3.8) is 0 Å². The molecule has 0 heterocycles. The monoisotopic (exact) mass is 276 g/mol. The predicted octanol–water partition coefficient (Wildman–Crippen LogP) is 4.07. The second-order valence-electron chi connectivity index (χ2n) is 6.37. The van der Waals surface area contributed by atoms with Crippen LogP contribution in [-0.4, -0.2) is 17.7 Å². The van der Waals surface area contributed by atoms with Gasteiger partial charge >= 0.3 is 0 Å². The molecule has 20 heavy (non-hydrogen) atoms. The maximum atomic E-state index is 10.4. The molecule has 1 N–H and O–H groups in total.